The lowest BCUT2D eigenvalue weighted by molar-refractivity contribution is -0.154. The lowest BCUT2D eigenvalue weighted by Crippen LogP contribution is -2.19. The Morgan fingerprint density at radius 2 is 0.989 bits per heavy atom. The average Bonchev–Trinajstić information content (AvgIpc) is 1.72. The van der Waals surface area contributed by atoms with E-state index in [1.54, 1.807) is 36.4 Å². The number of aliphatic hydroxyl groups is 1. The summed E-state index contributed by atoms with van der Waals surface area (Å²) in [6.07, 6.45) is 26.9. The van der Waals surface area contributed by atoms with Crippen LogP contribution in [-0.2, 0) is 44.7 Å². The molecule has 0 spiro atoms. The zero-order valence-corrected chi connectivity index (χ0v) is 53.2. The van der Waals surface area contributed by atoms with Crippen molar-refractivity contribution >= 4 is 36.0 Å². The lowest BCUT2D eigenvalue weighted by atomic mass is 9.99. The first-order valence-corrected chi connectivity index (χ1v) is 31.8. The molecule has 1 aliphatic rings. The van der Waals surface area contributed by atoms with E-state index in [1.807, 2.05) is 45.0 Å². The Balaban J connectivity index is 0. The second kappa shape index (κ2) is 50.3. The van der Waals surface area contributed by atoms with Crippen LogP contribution in [0.5, 0.6) is 34.5 Å². The third kappa shape index (κ3) is 33.2. The van der Waals surface area contributed by atoms with Crippen LogP contribution in [0.25, 0.3) is 12.2 Å². The molecule has 1 N–H and O–H groups in total. The highest BCUT2D eigenvalue weighted by atomic mass is 16.7. The van der Waals surface area contributed by atoms with Gasteiger partial charge in [-0.25, -0.2) is 9.59 Å². The highest BCUT2D eigenvalue weighted by Gasteiger charge is 2.46. The molecule has 2 atom stereocenters. The molecule has 506 valence electrons. The maximum atomic E-state index is 13.3. The van der Waals surface area contributed by atoms with Gasteiger partial charge in [0.1, 0.15) is 24.2 Å². The van der Waals surface area contributed by atoms with Gasteiger partial charge in [0, 0.05) is 41.0 Å². The van der Waals surface area contributed by atoms with E-state index in [9.17, 15) is 24.3 Å². The predicted octanol–water partition coefficient (Wildman–Crippen LogP) is 19.5. The number of aliphatic hydroxyl groups excluding tert-OH is 1. The molecule has 4 rings (SSSR count). The van der Waals surface area contributed by atoms with Gasteiger partial charge in [-0.1, -0.05) is 186 Å². The topological polar surface area (TPSA) is 181 Å². The molecule has 1 fully saturated rings. The molecule has 1 aliphatic carbocycles. The fourth-order valence-corrected chi connectivity index (χ4v) is 8.52. The number of ether oxygens (including phenoxy) is 10. The zero-order chi connectivity index (χ0) is 62.1. The van der Waals surface area contributed by atoms with Gasteiger partial charge in [-0.2, -0.15) is 0 Å². The van der Waals surface area contributed by atoms with Crippen molar-refractivity contribution in [3.63, 3.8) is 0 Å². The smallest absolute Gasteiger partial charge is 0.336 e. The van der Waals surface area contributed by atoms with Crippen LogP contribution in [0.4, 0.5) is 0 Å². The number of rotatable bonds is 45. The number of hydrogen-bond donors (Lipinski definition) is 1. The van der Waals surface area contributed by atoms with Crippen LogP contribution in [0, 0.1) is 11.3 Å². The average molecular weight is 1250 g/mol. The molecule has 0 radical (unpaired) electrons. The molecule has 0 bridgehead atoms. The van der Waals surface area contributed by atoms with E-state index in [0.717, 1.165) is 134 Å². The van der Waals surface area contributed by atoms with Crippen LogP contribution in [0.3, 0.4) is 0 Å². The molecule has 0 heterocycles. The van der Waals surface area contributed by atoms with Crippen molar-refractivity contribution < 1.29 is 71.7 Å². The number of unbranched alkanes of at least 4 members (excludes halogenated alkanes) is 13. The van der Waals surface area contributed by atoms with Crippen molar-refractivity contribution in [2.45, 2.75) is 245 Å². The van der Waals surface area contributed by atoms with Crippen molar-refractivity contribution in [2.24, 2.45) is 11.3 Å². The maximum absolute atomic E-state index is 13.3. The van der Waals surface area contributed by atoms with Gasteiger partial charge in [0.15, 0.2) is 23.0 Å². The normalized spacial score (nSPS) is 12.4. The Bertz CT molecular complexity index is 2460. The molecule has 89 heavy (non-hydrogen) atoms. The molecule has 3 aromatic carbocycles. The molecule has 1 saturated carbocycles. The van der Waals surface area contributed by atoms with Gasteiger partial charge in [0.25, 0.3) is 5.95 Å². The number of esters is 4. The molecule has 15 heteroatoms. The Morgan fingerprint density at radius 3 is 1.42 bits per heavy atom. The monoisotopic (exact) mass is 1250 g/mol. The second-order valence-corrected chi connectivity index (χ2v) is 22.0. The van der Waals surface area contributed by atoms with Crippen LogP contribution >= 0.6 is 0 Å². The fourth-order valence-electron chi connectivity index (χ4n) is 8.52. The van der Waals surface area contributed by atoms with Gasteiger partial charge in [-0.15, -0.1) is 0 Å². The number of carbonyl (C=O) groups is 4. The fraction of sp³-hybridized carbons (Fsp3) is 0.622. The minimum absolute atomic E-state index is 0. The van der Waals surface area contributed by atoms with Gasteiger partial charge in [-0.05, 0) is 114 Å². The first-order chi connectivity index (χ1) is 41.2. The highest BCUT2D eigenvalue weighted by molar-refractivity contribution is 5.90. The van der Waals surface area contributed by atoms with E-state index in [1.165, 1.54) is 19.3 Å². The SMILES string of the molecule is C.C.C.C.C=C(OC)OCc1ccc(/C=C/C(=O)Oc2ccc(OC(=O)/C=C/c3ccc(C(CCCO)OC(=O)C(C)CC)c(OCCCCCC)c3OCCCCCC)cc2)c(OCCCCCC)c1OCCCCCC.CCCCOC(=O)C1(C)CC1. The molecule has 3 aromatic rings. The molecule has 0 aromatic heterocycles. The maximum Gasteiger partial charge on any atom is 0.336 e. The van der Waals surface area contributed by atoms with Crippen LogP contribution in [-0.4, -0.2) is 75.7 Å². The minimum atomic E-state index is -0.681. The molecular formula is C74H120O15. The van der Waals surface area contributed by atoms with Gasteiger partial charge in [0.2, 0.25) is 0 Å². The molecular weight excluding hydrogens is 1130 g/mol. The van der Waals surface area contributed by atoms with E-state index in [2.05, 4.69) is 41.2 Å². The highest BCUT2D eigenvalue weighted by Crippen LogP contribution is 2.46. The Labute approximate surface area is 539 Å². The molecule has 2 unspecified atom stereocenters. The Kier molecular flexibility index (Phi) is 47.8. The summed E-state index contributed by atoms with van der Waals surface area (Å²) >= 11 is 0. The van der Waals surface area contributed by atoms with E-state index in [-0.39, 0.29) is 83.6 Å². The molecule has 0 saturated heterocycles. The Morgan fingerprint density at radius 1 is 0.551 bits per heavy atom. The third-order valence-electron chi connectivity index (χ3n) is 14.5. The van der Waals surface area contributed by atoms with Crippen molar-refractivity contribution in [1.29, 1.82) is 0 Å². The van der Waals surface area contributed by atoms with Crippen molar-refractivity contribution in [1.82, 2.24) is 0 Å². The molecule has 0 amide bonds. The lowest BCUT2D eigenvalue weighted by Gasteiger charge is -2.25. The van der Waals surface area contributed by atoms with Crippen molar-refractivity contribution in [3.8, 4) is 34.5 Å². The van der Waals surface area contributed by atoms with Crippen LogP contribution in [0.15, 0.2) is 73.2 Å². The van der Waals surface area contributed by atoms with E-state index < -0.39 is 18.0 Å². The van der Waals surface area contributed by atoms with Crippen LogP contribution in [0.2, 0.25) is 0 Å². The second-order valence-electron chi connectivity index (χ2n) is 22.0. The summed E-state index contributed by atoms with van der Waals surface area (Å²) in [7, 11) is 1.50. The van der Waals surface area contributed by atoms with Crippen LogP contribution < -0.4 is 28.4 Å². The molecule has 0 aliphatic heterocycles. The summed E-state index contributed by atoms with van der Waals surface area (Å²) in [6, 6.07) is 13.6. The summed E-state index contributed by atoms with van der Waals surface area (Å²) in [5.74, 6) is 0.757. The number of hydrogen-bond acceptors (Lipinski definition) is 15. The van der Waals surface area contributed by atoms with Crippen molar-refractivity contribution in [2.75, 3.05) is 46.8 Å². The first kappa shape index (κ1) is 84.6. The summed E-state index contributed by atoms with van der Waals surface area (Å²) in [4.78, 5) is 50.9. The Hall–Kier alpha value is -6.48. The van der Waals surface area contributed by atoms with E-state index >= 15 is 0 Å². The third-order valence-corrected chi connectivity index (χ3v) is 14.5. The number of carbonyl (C=O) groups excluding carboxylic acids is 4. The summed E-state index contributed by atoms with van der Waals surface area (Å²) in [6.45, 7) is 22.7. The first-order valence-electron chi connectivity index (χ1n) is 31.8. The van der Waals surface area contributed by atoms with Gasteiger partial charge in [0.05, 0.1) is 51.5 Å². The summed E-state index contributed by atoms with van der Waals surface area (Å²) in [5, 5.41) is 9.80. The summed E-state index contributed by atoms with van der Waals surface area (Å²) in [5.41, 5.74) is 2.53. The largest absolute Gasteiger partial charge is 0.489 e. The van der Waals surface area contributed by atoms with E-state index in [0.29, 0.717) is 92.0 Å². The van der Waals surface area contributed by atoms with E-state index in [4.69, 9.17) is 47.4 Å². The van der Waals surface area contributed by atoms with Gasteiger partial charge in [-0.3, -0.25) is 9.59 Å². The zero-order valence-electron chi connectivity index (χ0n) is 53.2. The predicted molar refractivity (Wildman–Crippen MR) is 363 cm³/mol. The van der Waals surface area contributed by atoms with Crippen LogP contribution in [0.1, 0.15) is 261 Å². The summed E-state index contributed by atoms with van der Waals surface area (Å²) < 4.78 is 59.2. The van der Waals surface area contributed by atoms with Crippen molar-refractivity contribution in [3.05, 3.63) is 95.5 Å². The number of benzene rings is 3. The number of methoxy groups -OCH3 is 1. The van der Waals surface area contributed by atoms with Gasteiger partial charge < -0.3 is 52.5 Å². The standard InChI is InChI=1S/C61H88O13.C9H16O2.4CH4/c1-9-14-18-22-41-67-57-48(28-29-50(45-71-47(7)66-8)59(57)69-43-24-20-16-11-3)31-38-55(63)72-51-33-35-52(36-34-51)73-56(64)39-32-49-30-37-53(54(27-26-40-62)74-61(65)46(6)13-5)60(70-44-25-21-17-12-4)58(49)68-42-23-19-15-10-2;1-3-4-7-11-8(10)9(2)5-6-9;;;;/h28-39,46,54,62H,7,9-27,40-45H2,1-6,8H3;3-7H2,1-2H3;4*1H4/b38-31+,39-32+;;;;;. The quantitative estimate of drug-likeness (QED) is 0.0185. The van der Waals surface area contributed by atoms with Gasteiger partial charge >= 0.3 is 23.9 Å². The molecule has 15 nitrogen and oxygen atoms in total. The minimum Gasteiger partial charge on any atom is -0.489 e.